The van der Waals surface area contributed by atoms with Crippen LogP contribution in [0.25, 0.3) is 28.2 Å². The Bertz CT molecular complexity index is 1510. The highest BCUT2D eigenvalue weighted by Gasteiger charge is 2.26. The van der Waals surface area contributed by atoms with Gasteiger partial charge in [-0.05, 0) is 55.9 Å². The molecular formula is C28H30FN7O4. The van der Waals surface area contributed by atoms with Gasteiger partial charge < -0.3 is 24.8 Å². The first-order valence-electron chi connectivity index (χ1n) is 13.5. The number of hydrogen-bond acceptors (Lipinski definition) is 8. The van der Waals surface area contributed by atoms with E-state index in [2.05, 4.69) is 25.4 Å². The minimum atomic E-state index is -0.994. The molecule has 12 heteroatoms. The van der Waals surface area contributed by atoms with Crippen molar-refractivity contribution in [1.29, 1.82) is 0 Å². The predicted molar refractivity (Wildman–Crippen MR) is 144 cm³/mol. The number of anilines is 1. The predicted octanol–water partition coefficient (Wildman–Crippen LogP) is 4.59. The molecule has 2 fully saturated rings. The minimum absolute atomic E-state index is 0.00442. The summed E-state index contributed by atoms with van der Waals surface area (Å²) in [6, 6.07) is 7.14. The molecular weight excluding hydrogens is 517 g/mol. The summed E-state index contributed by atoms with van der Waals surface area (Å²) in [5, 5.41) is 17.0. The molecule has 1 amide bonds. The van der Waals surface area contributed by atoms with E-state index in [0.29, 0.717) is 42.9 Å². The van der Waals surface area contributed by atoms with Crippen molar-refractivity contribution in [2.24, 2.45) is 0 Å². The molecule has 2 aliphatic heterocycles. The summed E-state index contributed by atoms with van der Waals surface area (Å²) in [7, 11) is 0. The third-order valence-electron chi connectivity index (χ3n) is 7.19. The van der Waals surface area contributed by atoms with E-state index in [1.165, 1.54) is 4.90 Å². The van der Waals surface area contributed by atoms with Gasteiger partial charge in [0.1, 0.15) is 5.69 Å². The Kier molecular flexibility index (Phi) is 7.51. The number of ether oxygens (including phenoxy) is 2. The fraction of sp³-hybridized carbons (Fsp3) is 0.393. The van der Waals surface area contributed by atoms with Gasteiger partial charge in [-0.3, -0.25) is 4.98 Å². The maximum atomic E-state index is 16.1. The largest absolute Gasteiger partial charge is 0.465 e. The molecule has 2 saturated heterocycles. The maximum Gasteiger partial charge on any atom is 0.407 e. The molecule has 0 radical (unpaired) electrons. The number of nitrogens with zero attached hydrogens (tertiary/aromatic N) is 6. The van der Waals surface area contributed by atoms with Gasteiger partial charge in [0.2, 0.25) is 0 Å². The summed E-state index contributed by atoms with van der Waals surface area (Å²) in [6.07, 6.45) is 9.73. The van der Waals surface area contributed by atoms with E-state index in [4.69, 9.17) is 9.47 Å². The first-order valence-corrected chi connectivity index (χ1v) is 13.5. The van der Waals surface area contributed by atoms with Crippen LogP contribution in [0.1, 0.15) is 37.7 Å². The van der Waals surface area contributed by atoms with Crippen LogP contribution in [0.5, 0.6) is 0 Å². The molecule has 0 saturated carbocycles. The van der Waals surface area contributed by atoms with E-state index >= 15 is 4.39 Å². The SMILES string of the molecule is O=C(O)N1CCC[C@@H](Nc2nc(-c3cnn4ccccc34)nc(-c3cncc(COC4CCCCO4)c3)c2F)C1. The van der Waals surface area contributed by atoms with Crippen LogP contribution in [0.4, 0.5) is 15.0 Å². The number of carbonyl (C=O) groups is 1. The van der Waals surface area contributed by atoms with Crippen LogP contribution in [0.15, 0.2) is 49.1 Å². The number of hydrogen-bond donors (Lipinski definition) is 2. The maximum absolute atomic E-state index is 16.1. The van der Waals surface area contributed by atoms with Crippen molar-refractivity contribution in [3.8, 4) is 22.6 Å². The van der Waals surface area contributed by atoms with Gasteiger partial charge in [0.15, 0.2) is 23.7 Å². The van der Waals surface area contributed by atoms with Gasteiger partial charge in [-0.25, -0.2) is 23.7 Å². The van der Waals surface area contributed by atoms with Crippen molar-refractivity contribution in [3.05, 3.63) is 60.4 Å². The smallest absolute Gasteiger partial charge is 0.407 e. The molecule has 6 heterocycles. The molecule has 0 aliphatic carbocycles. The summed E-state index contributed by atoms with van der Waals surface area (Å²) in [4.78, 5) is 26.4. The van der Waals surface area contributed by atoms with E-state index in [1.54, 1.807) is 29.2 Å². The summed E-state index contributed by atoms with van der Waals surface area (Å²) in [6.45, 7) is 1.64. The molecule has 40 heavy (non-hydrogen) atoms. The van der Waals surface area contributed by atoms with E-state index in [1.807, 2.05) is 24.4 Å². The molecule has 208 valence electrons. The summed E-state index contributed by atoms with van der Waals surface area (Å²) in [5.41, 5.74) is 2.73. The first kappa shape index (κ1) is 26.1. The molecule has 0 aromatic carbocycles. The fourth-order valence-electron chi connectivity index (χ4n) is 5.15. The standard InChI is InChI=1S/C28H30FN7O4/c29-24-25(19-12-18(13-30-14-19)17-40-23-8-2-4-11-39-23)33-26(21-15-31-36-10-3-1-7-22(21)36)34-27(24)32-20-6-5-9-35(16-20)28(37)38/h1,3,7,10,12-15,20,23H,2,4-6,8-9,11,16-17H2,(H,37,38)(H,32,33,34)/t20-,23?/m1/s1. The lowest BCUT2D eigenvalue weighted by atomic mass is 10.1. The van der Waals surface area contributed by atoms with Crippen molar-refractivity contribution >= 4 is 17.4 Å². The Morgan fingerprint density at radius 1 is 1.18 bits per heavy atom. The number of likely N-dealkylation sites (tertiary alicyclic amines) is 1. The van der Waals surface area contributed by atoms with Gasteiger partial charge in [-0.15, -0.1) is 0 Å². The van der Waals surface area contributed by atoms with Gasteiger partial charge in [0, 0.05) is 49.9 Å². The number of halogens is 1. The number of nitrogens with one attached hydrogen (secondary N) is 1. The first-order chi connectivity index (χ1) is 19.5. The lowest BCUT2D eigenvalue weighted by molar-refractivity contribution is -0.168. The molecule has 2 N–H and O–H groups in total. The molecule has 6 rings (SSSR count). The summed E-state index contributed by atoms with van der Waals surface area (Å²) >= 11 is 0. The molecule has 11 nitrogen and oxygen atoms in total. The highest BCUT2D eigenvalue weighted by atomic mass is 19.1. The zero-order valence-corrected chi connectivity index (χ0v) is 21.9. The third kappa shape index (κ3) is 5.58. The van der Waals surface area contributed by atoms with Crippen LogP contribution in [0.2, 0.25) is 0 Å². The number of fused-ring (bicyclic) bond motifs is 1. The number of carboxylic acid groups (broad SMARTS) is 1. The third-order valence-corrected chi connectivity index (χ3v) is 7.19. The average Bonchev–Trinajstić information content (AvgIpc) is 3.42. The molecule has 4 aromatic heterocycles. The normalized spacial score (nSPS) is 19.6. The van der Waals surface area contributed by atoms with Gasteiger partial charge in [-0.2, -0.15) is 5.10 Å². The average molecular weight is 548 g/mol. The van der Waals surface area contributed by atoms with Gasteiger partial charge >= 0.3 is 6.09 Å². The van der Waals surface area contributed by atoms with Crippen LogP contribution < -0.4 is 5.32 Å². The Morgan fingerprint density at radius 3 is 2.95 bits per heavy atom. The number of aromatic nitrogens is 5. The number of pyridine rings is 2. The monoisotopic (exact) mass is 547 g/mol. The topological polar surface area (TPSA) is 127 Å². The Hall–Kier alpha value is -4.16. The molecule has 1 unspecified atom stereocenters. The van der Waals surface area contributed by atoms with Crippen molar-refractivity contribution < 1.29 is 23.8 Å². The van der Waals surface area contributed by atoms with E-state index in [9.17, 15) is 9.90 Å². The number of piperidine rings is 1. The Balaban J connectivity index is 1.36. The second-order valence-electron chi connectivity index (χ2n) is 10.0. The van der Waals surface area contributed by atoms with Crippen molar-refractivity contribution in [3.63, 3.8) is 0 Å². The van der Waals surface area contributed by atoms with Gasteiger partial charge in [0.05, 0.1) is 23.9 Å². The highest BCUT2D eigenvalue weighted by Crippen LogP contribution is 2.31. The highest BCUT2D eigenvalue weighted by molar-refractivity contribution is 5.78. The number of amides is 1. The molecule has 4 aromatic rings. The molecule has 0 bridgehead atoms. The van der Waals surface area contributed by atoms with Crippen molar-refractivity contribution in [2.75, 3.05) is 25.0 Å². The number of rotatable bonds is 7. The molecule has 2 atom stereocenters. The second-order valence-corrected chi connectivity index (χ2v) is 10.0. The lowest BCUT2D eigenvalue weighted by Gasteiger charge is -2.31. The zero-order valence-electron chi connectivity index (χ0n) is 21.9. The van der Waals surface area contributed by atoms with Gasteiger partial charge in [0.25, 0.3) is 0 Å². The Morgan fingerprint density at radius 2 is 2.10 bits per heavy atom. The second kappa shape index (κ2) is 11.5. The lowest BCUT2D eigenvalue weighted by Crippen LogP contribution is -2.44. The Labute approximate surface area is 230 Å². The summed E-state index contributed by atoms with van der Waals surface area (Å²) < 4.78 is 29.4. The van der Waals surface area contributed by atoms with Crippen molar-refractivity contribution in [2.45, 2.75) is 51.0 Å². The minimum Gasteiger partial charge on any atom is -0.465 e. The van der Waals surface area contributed by atoms with E-state index < -0.39 is 11.9 Å². The zero-order chi connectivity index (χ0) is 27.5. The van der Waals surface area contributed by atoms with E-state index in [0.717, 1.165) is 30.3 Å². The van der Waals surface area contributed by atoms with Crippen molar-refractivity contribution in [1.82, 2.24) is 29.5 Å². The molecule has 0 spiro atoms. The van der Waals surface area contributed by atoms with Crippen LogP contribution in [-0.2, 0) is 16.1 Å². The van der Waals surface area contributed by atoms with Gasteiger partial charge in [-0.1, -0.05) is 6.07 Å². The van der Waals surface area contributed by atoms with E-state index in [-0.39, 0.29) is 37.0 Å². The fourth-order valence-corrected chi connectivity index (χ4v) is 5.15. The van der Waals surface area contributed by atoms with Crippen LogP contribution >= 0.6 is 0 Å². The van der Waals surface area contributed by atoms with Crippen LogP contribution in [0, 0.1) is 5.82 Å². The van der Waals surface area contributed by atoms with Crippen LogP contribution in [-0.4, -0.2) is 72.7 Å². The van der Waals surface area contributed by atoms with Crippen LogP contribution in [0.3, 0.4) is 0 Å². The summed E-state index contributed by atoms with van der Waals surface area (Å²) in [5.74, 6) is -0.337. The quantitative estimate of drug-likeness (QED) is 0.342. The molecule has 2 aliphatic rings.